The first-order chi connectivity index (χ1) is 8.33. The molecule has 0 N–H and O–H groups in total. The number of nitrogens with zero attached hydrogens (tertiary/aromatic N) is 5. The van der Waals surface area contributed by atoms with Crippen LogP contribution in [0.4, 0.5) is 5.82 Å². The fourth-order valence-electron chi connectivity index (χ4n) is 1.19. The summed E-state index contributed by atoms with van der Waals surface area (Å²) < 4.78 is 4.98. The molecule has 0 saturated carbocycles. The summed E-state index contributed by atoms with van der Waals surface area (Å²) in [5, 5.41) is 2.25. The Balaban J connectivity index is 2.54. The lowest BCUT2D eigenvalue weighted by Gasteiger charge is -2.03. The van der Waals surface area contributed by atoms with Crippen molar-refractivity contribution in [2.24, 2.45) is 4.99 Å². The van der Waals surface area contributed by atoms with Crippen LogP contribution in [0.3, 0.4) is 0 Å². The Morgan fingerprint density at radius 2 is 2.06 bits per heavy atom. The lowest BCUT2D eigenvalue weighted by molar-refractivity contribution is 0.381. The van der Waals surface area contributed by atoms with Crippen molar-refractivity contribution < 1.29 is 4.74 Å². The number of aromatic nitrogens is 4. The maximum atomic E-state index is 4.98. The number of isothiocyanates is 1. The second kappa shape index (κ2) is 5.20. The first-order valence-corrected chi connectivity index (χ1v) is 5.00. The molecule has 0 fully saturated rings. The summed E-state index contributed by atoms with van der Waals surface area (Å²) in [6.07, 6.45) is 4.72. The number of hydrogen-bond donors (Lipinski definition) is 0. The van der Waals surface area contributed by atoms with Gasteiger partial charge in [0.15, 0.2) is 5.82 Å². The smallest absolute Gasteiger partial charge is 0.318 e. The third kappa shape index (κ3) is 2.66. The minimum atomic E-state index is 0.204. The van der Waals surface area contributed by atoms with Crippen molar-refractivity contribution >= 4 is 23.2 Å². The maximum absolute atomic E-state index is 4.98. The molecule has 0 bridgehead atoms. The Morgan fingerprint density at radius 1 is 1.29 bits per heavy atom. The quantitative estimate of drug-likeness (QED) is 0.605. The molecule has 84 valence electrons. The normalized spacial score (nSPS) is 9.47. The van der Waals surface area contributed by atoms with Gasteiger partial charge in [-0.1, -0.05) is 0 Å². The molecule has 2 aromatic rings. The topological polar surface area (TPSA) is 73.2 Å². The van der Waals surface area contributed by atoms with Crippen molar-refractivity contribution in [3.8, 4) is 17.3 Å². The zero-order chi connectivity index (χ0) is 12.1. The highest BCUT2D eigenvalue weighted by atomic mass is 32.1. The zero-order valence-corrected chi connectivity index (χ0v) is 9.68. The average molecular weight is 245 g/mol. The van der Waals surface area contributed by atoms with Crippen LogP contribution in [0.1, 0.15) is 0 Å². The van der Waals surface area contributed by atoms with Crippen molar-refractivity contribution in [1.29, 1.82) is 0 Å². The van der Waals surface area contributed by atoms with Gasteiger partial charge in [-0.15, -0.1) is 0 Å². The summed E-state index contributed by atoms with van der Waals surface area (Å²) in [5.41, 5.74) is 1.36. The lowest BCUT2D eigenvalue weighted by Crippen LogP contribution is -1.94. The minimum absolute atomic E-state index is 0.204. The standard InChI is InChI=1S/C10H7N5OS/c1-16-10-14-8(2-9(15-10)13-6-17)7-3-11-5-12-4-7/h2-5H,1H3. The molecule has 0 amide bonds. The van der Waals surface area contributed by atoms with E-state index in [2.05, 4.69) is 42.3 Å². The van der Waals surface area contributed by atoms with E-state index in [-0.39, 0.29) is 6.01 Å². The maximum Gasteiger partial charge on any atom is 0.318 e. The number of aliphatic imine (C=N–C) groups is 1. The molecule has 7 heteroatoms. The van der Waals surface area contributed by atoms with Crippen LogP contribution < -0.4 is 4.74 Å². The van der Waals surface area contributed by atoms with Crippen LogP contribution >= 0.6 is 12.2 Å². The fourth-order valence-corrected chi connectivity index (χ4v) is 1.28. The predicted molar refractivity (Wildman–Crippen MR) is 64.3 cm³/mol. The molecule has 0 unspecified atom stereocenters. The van der Waals surface area contributed by atoms with E-state index in [1.54, 1.807) is 18.5 Å². The predicted octanol–water partition coefficient (Wildman–Crippen LogP) is 1.68. The Labute approximate surface area is 102 Å². The van der Waals surface area contributed by atoms with Crippen LogP contribution in [-0.4, -0.2) is 32.2 Å². The Bertz CT molecular complexity index is 568. The van der Waals surface area contributed by atoms with Crippen LogP contribution in [0.2, 0.25) is 0 Å². The van der Waals surface area contributed by atoms with Crippen molar-refractivity contribution in [3.05, 3.63) is 24.8 Å². The van der Waals surface area contributed by atoms with Gasteiger partial charge in [-0.2, -0.15) is 15.0 Å². The van der Waals surface area contributed by atoms with E-state index in [0.29, 0.717) is 11.5 Å². The number of hydrogen-bond acceptors (Lipinski definition) is 7. The fraction of sp³-hybridized carbons (Fsp3) is 0.100. The monoisotopic (exact) mass is 245 g/mol. The third-order valence-electron chi connectivity index (χ3n) is 1.89. The van der Waals surface area contributed by atoms with Crippen LogP contribution in [0, 0.1) is 0 Å². The van der Waals surface area contributed by atoms with Gasteiger partial charge < -0.3 is 4.74 Å². The molecule has 2 heterocycles. The molecule has 0 spiro atoms. The van der Waals surface area contributed by atoms with Crippen LogP contribution in [0.15, 0.2) is 29.8 Å². The SMILES string of the molecule is COc1nc(N=C=S)cc(-c2cncnc2)n1. The Morgan fingerprint density at radius 3 is 2.71 bits per heavy atom. The Kier molecular flexibility index (Phi) is 3.44. The first kappa shape index (κ1) is 11.3. The highest BCUT2D eigenvalue weighted by molar-refractivity contribution is 7.78. The number of rotatable bonds is 3. The van der Waals surface area contributed by atoms with E-state index in [1.807, 2.05) is 0 Å². The average Bonchev–Trinajstić information content (AvgIpc) is 2.40. The largest absolute Gasteiger partial charge is 0.467 e. The summed E-state index contributed by atoms with van der Waals surface area (Å²) in [4.78, 5) is 19.8. The van der Waals surface area contributed by atoms with Gasteiger partial charge in [0.25, 0.3) is 0 Å². The van der Waals surface area contributed by atoms with Gasteiger partial charge in [-0.3, -0.25) is 0 Å². The van der Waals surface area contributed by atoms with Gasteiger partial charge in [0.1, 0.15) is 6.33 Å². The van der Waals surface area contributed by atoms with E-state index >= 15 is 0 Å². The minimum Gasteiger partial charge on any atom is -0.467 e. The van der Waals surface area contributed by atoms with E-state index in [1.165, 1.54) is 13.4 Å². The van der Waals surface area contributed by atoms with E-state index in [9.17, 15) is 0 Å². The molecule has 0 saturated heterocycles. The zero-order valence-electron chi connectivity index (χ0n) is 8.86. The molecule has 2 rings (SSSR count). The summed E-state index contributed by atoms with van der Waals surface area (Å²) in [6, 6.07) is 1.86. The molecule has 0 atom stereocenters. The van der Waals surface area contributed by atoms with Crippen LogP contribution in [0.25, 0.3) is 11.3 Å². The molecule has 0 aliphatic carbocycles. The summed E-state index contributed by atoms with van der Waals surface area (Å²) in [6.45, 7) is 0. The molecule has 17 heavy (non-hydrogen) atoms. The number of ether oxygens (including phenoxy) is 1. The van der Waals surface area contributed by atoms with Gasteiger partial charge in [0.05, 0.1) is 18.0 Å². The number of thiocarbonyl (C=S) groups is 1. The highest BCUT2D eigenvalue weighted by Crippen LogP contribution is 2.21. The first-order valence-electron chi connectivity index (χ1n) is 4.60. The molecule has 6 nitrogen and oxygen atoms in total. The van der Waals surface area contributed by atoms with Gasteiger partial charge in [-0.05, 0) is 12.2 Å². The van der Waals surface area contributed by atoms with Crippen molar-refractivity contribution in [2.75, 3.05) is 7.11 Å². The lowest BCUT2D eigenvalue weighted by atomic mass is 10.2. The summed E-state index contributed by atoms with van der Waals surface area (Å²) in [5.74, 6) is 0.380. The van der Waals surface area contributed by atoms with Crippen molar-refractivity contribution in [2.45, 2.75) is 0 Å². The van der Waals surface area contributed by atoms with Crippen LogP contribution in [-0.2, 0) is 0 Å². The molecular formula is C10H7N5OS. The van der Waals surface area contributed by atoms with E-state index < -0.39 is 0 Å². The number of methoxy groups -OCH3 is 1. The van der Waals surface area contributed by atoms with Gasteiger partial charge in [0.2, 0.25) is 0 Å². The summed E-state index contributed by atoms with van der Waals surface area (Å²) >= 11 is 4.53. The van der Waals surface area contributed by atoms with E-state index in [0.717, 1.165) is 5.56 Å². The van der Waals surface area contributed by atoms with Crippen molar-refractivity contribution in [3.63, 3.8) is 0 Å². The second-order valence-electron chi connectivity index (χ2n) is 2.93. The molecule has 2 aromatic heterocycles. The van der Waals surface area contributed by atoms with Gasteiger partial charge in [0, 0.05) is 24.0 Å². The molecular weight excluding hydrogens is 238 g/mol. The van der Waals surface area contributed by atoms with Gasteiger partial charge >= 0.3 is 6.01 Å². The molecule has 0 aliphatic rings. The van der Waals surface area contributed by atoms with E-state index in [4.69, 9.17) is 4.74 Å². The third-order valence-corrected chi connectivity index (χ3v) is 1.98. The van der Waals surface area contributed by atoms with Crippen LogP contribution in [0.5, 0.6) is 6.01 Å². The molecule has 0 aliphatic heterocycles. The van der Waals surface area contributed by atoms with Gasteiger partial charge in [-0.25, -0.2) is 9.97 Å². The Hall–Kier alpha value is -2.24. The van der Waals surface area contributed by atoms with Crippen molar-refractivity contribution in [1.82, 2.24) is 19.9 Å². The molecule has 0 aromatic carbocycles. The summed E-state index contributed by atoms with van der Waals surface area (Å²) in [7, 11) is 1.48. The highest BCUT2D eigenvalue weighted by Gasteiger charge is 2.06. The second-order valence-corrected chi connectivity index (χ2v) is 3.11. The molecule has 0 radical (unpaired) electrons.